The molecule has 0 heterocycles. The monoisotopic (exact) mass is 296 g/mol. The van der Waals surface area contributed by atoms with Crippen LogP contribution in [0.3, 0.4) is 0 Å². The van der Waals surface area contributed by atoms with E-state index in [1.165, 1.54) is 0 Å². The van der Waals surface area contributed by atoms with E-state index in [1.807, 2.05) is 26.1 Å². The fourth-order valence-corrected chi connectivity index (χ4v) is 4.14. The molecule has 0 amide bonds. The topological polar surface area (TPSA) is 58.2 Å². The molecule has 5 heteroatoms. The van der Waals surface area contributed by atoms with Crippen LogP contribution in [0.25, 0.3) is 0 Å². The number of aryl methyl sites for hydroxylation is 1. The van der Waals surface area contributed by atoms with Crippen LogP contribution in [0.2, 0.25) is 0 Å². The fourth-order valence-electron chi connectivity index (χ4n) is 2.37. The van der Waals surface area contributed by atoms with Gasteiger partial charge in [-0.25, -0.2) is 13.1 Å². The Morgan fingerprint density at radius 3 is 2.50 bits per heavy atom. The Morgan fingerprint density at radius 1 is 1.35 bits per heavy atom. The van der Waals surface area contributed by atoms with E-state index in [9.17, 15) is 8.42 Å². The summed E-state index contributed by atoms with van der Waals surface area (Å²) in [5.41, 5.74) is 1.94. The van der Waals surface area contributed by atoms with Crippen LogP contribution in [0.1, 0.15) is 38.3 Å². The highest BCUT2D eigenvalue weighted by atomic mass is 32.2. The standard InChI is InChI=1S/C15H24N2O2S/c1-5-12-7-6-11(10-16-4)8-13(12)20(18,19)17-14-9-15(14,2)3/h6-8,14,16-17H,5,9-10H2,1-4H3. The van der Waals surface area contributed by atoms with Gasteiger partial charge in [-0.15, -0.1) is 0 Å². The first-order valence-electron chi connectivity index (χ1n) is 7.09. The average Bonchev–Trinajstić information content (AvgIpc) is 2.95. The lowest BCUT2D eigenvalue weighted by Crippen LogP contribution is -2.29. The summed E-state index contributed by atoms with van der Waals surface area (Å²) < 4.78 is 28.0. The van der Waals surface area contributed by atoms with Crippen molar-refractivity contribution in [2.24, 2.45) is 5.41 Å². The summed E-state index contributed by atoms with van der Waals surface area (Å²) in [6.45, 7) is 6.81. The highest BCUT2D eigenvalue weighted by Crippen LogP contribution is 2.45. The molecular weight excluding hydrogens is 272 g/mol. The van der Waals surface area contributed by atoms with Gasteiger partial charge < -0.3 is 5.32 Å². The van der Waals surface area contributed by atoms with Crippen LogP contribution in [-0.2, 0) is 23.0 Å². The van der Waals surface area contributed by atoms with Crippen molar-refractivity contribution in [3.05, 3.63) is 29.3 Å². The van der Waals surface area contributed by atoms with Crippen molar-refractivity contribution in [2.45, 2.75) is 51.1 Å². The Balaban J connectivity index is 2.31. The molecule has 0 saturated heterocycles. The lowest BCUT2D eigenvalue weighted by Gasteiger charge is -2.13. The summed E-state index contributed by atoms with van der Waals surface area (Å²) in [5, 5.41) is 3.05. The van der Waals surface area contributed by atoms with Crippen LogP contribution in [0.4, 0.5) is 0 Å². The summed E-state index contributed by atoms with van der Waals surface area (Å²) in [6.07, 6.45) is 1.62. The van der Waals surface area contributed by atoms with Crippen LogP contribution < -0.4 is 10.0 Å². The van der Waals surface area contributed by atoms with Crippen LogP contribution >= 0.6 is 0 Å². The van der Waals surface area contributed by atoms with Crippen LogP contribution in [0.15, 0.2) is 23.1 Å². The zero-order valence-electron chi connectivity index (χ0n) is 12.7. The van der Waals surface area contributed by atoms with Crippen molar-refractivity contribution in [1.29, 1.82) is 0 Å². The molecule has 112 valence electrons. The minimum Gasteiger partial charge on any atom is -0.316 e. The number of nitrogens with one attached hydrogen (secondary N) is 2. The van der Waals surface area contributed by atoms with E-state index in [0.29, 0.717) is 17.9 Å². The fraction of sp³-hybridized carbons (Fsp3) is 0.600. The van der Waals surface area contributed by atoms with Gasteiger partial charge in [-0.05, 0) is 42.5 Å². The second kappa shape index (κ2) is 5.47. The lowest BCUT2D eigenvalue weighted by atomic mass is 10.1. The molecule has 1 aromatic carbocycles. The number of hydrogen-bond donors (Lipinski definition) is 2. The van der Waals surface area contributed by atoms with Gasteiger partial charge in [-0.3, -0.25) is 0 Å². The van der Waals surface area contributed by atoms with E-state index in [-0.39, 0.29) is 11.5 Å². The van der Waals surface area contributed by atoms with Crippen molar-refractivity contribution in [3.8, 4) is 0 Å². The first-order valence-corrected chi connectivity index (χ1v) is 8.57. The third kappa shape index (κ3) is 3.22. The second-order valence-electron chi connectivity index (χ2n) is 6.19. The molecule has 1 saturated carbocycles. The van der Waals surface area contributed by atoms with Crippen molar-refractivity contribution in [2.75, 3.05) is 7.05 Å². The van der Waals surface area contributed by atoms with Gasteiger partial charge in [-0.2, -0.15) is 0 Å². The third-order valence-electron chi connectivity index (χ3n) is 3.99. The molecular formula is C15H24N2O2S. The van der Waals surface area contributed by atoms with Crippen LogP contribution in [0.5, 0.6) is 0 Å². The zero-order chi connectivity index (χ0) is 15.0. The Kier molecular flexibility index (Phi) is 4.23. The number of benzene rings is 1. The largest absolute Gasteiger partial charge is 0.316 e. The third-order valence-corrected chi connectivity index (χ3v) is 5.55. The SMILES string of the molecule is CCc1ccc(CNC)cc1S(=O)(=O)NC1CC1(C)C. The lowest BCUT2D eigenvalue weighted by molar-refractivity contribution is 0.554. The second-order valence-corrected chi connectivity index (χ2v) is 7.87. The molecule has 1 unspecified atom stereocenters. The minimum absolute atomic E-state index is 0.0603. The minimum atomic E-state index is -3.43. The van der Waals surface area contributed by atoms with Crippen molar-refractivity contribution in [1.82, 2.24) is 10.0 Å². The Labute approximate surface area is 122 Å². The van der Waals surface area contributed by atoms with Crippen LogP contribution in [-0.4, -0.2) is 21.5 Å². The van der Waals surface area contributed by atoms with E-state index < -0.39 is 10.0 Å². The molecule has 1 fully saturated rings. The molecule has 1 aliphatic rings. The van der Waals surface area contributed by atoms with E-state index in [1.54, 1.807) is 6.07 Å². The van der Waals surface area contributed by atoms with Gasteiger partial charge >= 0.3 is 0 Å². The molecule has 0 aromatic heterocycles. The summed E-state index contributed by atoms with van der Waals surface area (Å²) in [5.74, 6) is 0. The predicted octanol–water partition coefficient (Wildman–Crippen LogP) is 2.05. The van der Waals surface area contributed by atoms with Gasteiger partial charge in [0, 0.05) is 12.6 Å². The zero-order valence-corrected chi connectivity index (χ0v) is 13.5. The number of rotatable bonds is 6. The van der Waals surface area contributed by atoms with E-state index >= 15 is 0 Å². The average molecular weight is 296 g/mol. The smallest absolute Gasteiger partial charge is 0.241 e. The summed E-state index contributed by atoms with van der Waals surface area (Å²) in [6, 6.07) is 5.74. The van der Waals surface area contributed by atoms with Crippen molar-refractivity contribution < 1.29 is 8.42 Å². The maximum atomic E-state index is 12.6. The first-order chi connectivity index (χ1) is 9.30. The van der Waals surface area contributed by atoms with Gasteiger partial charge in [0.2, 0.25) is 10.0 Å². The Bertz CT molecular complexity index is 594. The molecule has 0 spiro atoms. The highest BCUT2D eigenvalue weighted by molar-refractivity contribution is 7.89. The van der Waals surface area contributed by atoms with E-state index in [4.69, 9.17) is 0 Å². The Morgan fingerprint density at radius 2 is 2.00 bits per heavy atom. The highest BCUT2D eigenvalue weighted by Gasteiger charge is 2.48. The number of hydrogen-bond acceptors (Lipinski definition) is 3. The summed E-state index contributed by atoms with van der Waals surface area (Å²) in [4.78, 5) is 0.426. The molecule has 20 heavy (non-hydrogen) atoms. The van der Waals surface area contributed by atoms with Gasteiger partial charge in [0.15, 0.2) is 0 Å². The normalized spacial score (nSPS) is 20.9. The summed E-state index contributed by atoms with van der Waals surface area (Å²) in [7, 11) is -1.58. The molecule has 0 bridgehead atoms. The molecule has 1 aromatic rings. The van der Waals surface area contributed by atoms with Crippen molar-refractivity contribution >= 4 is 10.0 Å². The first kappa shape index (κ1) is 15.5. The molecule has 1 aliphatic carbocycles. The molecule has 2 N–H and O–H groups in total. The molecule has 4 nitrogen and oxygen atoms in total. The molecule has 0 radical (unpaired) electrons. The maximum Gasteiger partial charge on any atom is 0.241 e. The van der Waals surface area contributed by atoms with Gasteiger partial charge in [-0.1, -0.05) is 32.9 Å². The molecule has 2 rings (SSSR count). The summed E-state index contributed by atoms with van der Waals surface area (Å²) >= 11 is 0. The van der Waals surface area contributed by atoms with Gasteiger partial charge in [0.25, 0.3) is 0 Å². The maximum absolute atomic E-state index is 12.6. The molecule has 0 aliphatic heterocycles. The quantitative estimate of drug-likeness (QED) is 0.844. The van der Waals surface area contributed by atoms with Crippen molar-refractivity contribution in [3.63, 3.8) is 0 Å². The molecule has 1 atom stereocenters. The van der Waals surface area contributed by atoms with Gasteiger partial charge in [0.05, 0.1) is 4.90 Å². The van der Waals surface area contributed by atoms with Crippen LogP contribution in [0, 0.1) is 5.41 Å². The van der Waals surface area contributed by atoms with E-state index in [0.717, 1.165) is 17.5 Å². The van der Waals surface area contributed by atoms with Gasteiger partial charge in [0.1, 0.15) is 0 Å². The predicted molar refractivity (Wildman–Crippen MR) is 81.1 cm³/mol. The number of sulfonamides is 1. The van der Waals surface area contributed by atoms with E-state index in [2.05, 4.69) is 23.9 Å². The Hall–Kier alpha value is -0.910.